The van der Waals surface area contributed by atoms with Gasteiger partial charge in [0.2, 0.25) is 5.91 Å². The minimum atomic E-state index is 0.235. The molecular weight excluding hydrogens is 212 g/mol. The molecule has 0 saturated carbocycles. The largest absolute Gasteiger partial charge is 0.356 e. The van der Waals surface area contributed by atoms with E-state index >= 15 is 0 Å². The first-order valence-corrected chi connectivity index (χ1v) is 7.16. The molecule has 1 heterocycles. The lowest BCUT2D eigenvalue weighted by Crippen LogP contribution is -2.44. The number of nitrogens with one attached hydrogen (secondary N) is 2. The molecule has 1 amide bonds. The Morgan fingerprint density at radius 1 is 1.24 bits per heavy atom. The van der Waals surface area contributed by atoms with E-state index in [2.05, 4.69) is 24.5 Å². The van der Waals surface area contributed by atoms with E-state index in [0.717, 1.165) is 32.0 Å². The number of carbonyl (C=O) groups excluding carboxylic acids is 1. The monoisotopic (exact) mass is 240 g/mol. The molecule has 0 bridgehead atoms. The summed E-state index contributed by atoms with van der Waals surface area (Å²) < 4.78 is 0. The second-order valence-electron chi connectivity index (χ2n) is 5.68. The first-order chi connectivity index (χ1) is 8.18. The van der Waals surface area contributed by atoms with Crippen molar-refractivity contribution in [3.8, 4) is 0 Å². The van der Waals surface area contributed by atoms with Gasteiger partial charge in [-0.1, -0.05) is 39.5 Å². The van der Waals surface area contributed by atoms with Gasteiger partial charge in [0.1, 0.15) is 0 Å². The standard InChI is InChI=1S/C14H28N2O/c1-12(2)7-5-3-4-6-8-16-14(17)9-13-10-15-11-13/h12-13,15H,3-11H2,1-2H3,(H,16,17). The summed E-state index contributed by atoms with van der Waals surface area (Å²) in [5, 5.41) is 6.20. The fourth-order valence-electron chi connectivity index (χ4n) is 2.09. The van der Waals surface area contributed by atoms with Gasteiger partial charge < -0.3 is 10.6 Å². The summed E-state index contributed by atoms with van der Waals surface area (Å²) >= 11 is 0. The van der Waals surface area contributed by atoms with Crippen molar-refractivity contribution < 1.29 is 4.79 Å². The van der Waals surface area contributed by atoms with Gasteiger partial charge in [0.05, 0.1) is 0 Å². The average molecular weight is 240 g/mol. The van der Waals surface area contributed by atoms with E-state index in [9.17, 15) is 4.79 Å². The molecular formula is C14H28N2O. The van der Waals surface area contributed by atoms with Crippen LogP contribution in [-0.2, 0) is 4.79 Å². The van der Waals surface area contributed by atoms with Gasteiger partial charge in [-0.2, -0.15) is 0 Å². The minimum absolute atomic E-state index is 0.235. The van der Waals surface area contributed by atoms with E-state index in [1.807, 2.05) is 0 Å². The molecule has 0 aliphatic carbocycles. The highest BCUT2D eigenvalue weighted by molar-refractivity contribution is 5.76. The van der Waals surface area contributed by atoms with Crippen LogP contribution in [0.25, 0.3) is 0 Å². The Balaban J connectivity index is 1.81. The molecule has 0 aromatic rings. The van der Waals surface area contributed by atoms with Gasteiger partial charge in [-0.25, -0.2) is 0 Å². The van der Waals surface area contributed by atoms with Gasteiger partial charge >= 0.3 is 0 Å². The summed E-state index contributed by atoms with van der Waals surface area (Å²) in [5.74, 6) is 1.64. The zero-order chi connectivity index (χ0) is 12.5. The van der Waals surface area contributed by atoms with E-state index < -0.39 is 0 Å². The predicted molar refractivity (Wildman–Crippen MR) is 71.9 cm³/mol. The summed E-state index contributed by atoms with van der Waals surface area (Å²) in [6.45, 7) is 7.44. The van der Waals surface area contributed by atoms with Crippen LogP contribution < -0.4 is 10.6 Å². The second-order valence-corrected chi connectivity index (χ2v) is 5.68. The number of hydrogen-bond donors (Lipinski definition) is 2. The molecule has 3 heteroatoms. The molecule has 1 fully saturated rings. The maximum Gasteiger partial charge on any atom is 0.220 e. The molecule has 0 spiro atoms. The van der Waals surface area contributed by atoms with Crippen LogP contribution in [0.3, 0.4) is 0 Å². The summed E-state index contributed by atoms with van der Waals surface area (Å²) in [5.41, 5.74) is 0. The third-order valence-electron chi connectivity index (χ3n) is 3.37. The molecule has 0 aromatic carbocycles. The van der Waals surface area contributed by atoms with Gasteiger partial charge in [0.15, 0.2) is 0 Å². The average Bonchev–Trinajstić information content (AvgIpc) is 2.22. The minimum Gasteiger partial charge on any atom is -0.356 e. The van der Waals surface area contributed by atoms with E-state index in [1.54, 1.807) is 0 Å². The third kappa shape index (κ3) is 7.37. The van der Waals surface area contributed by atoms with E-state index in [1.165, 1.54) is 25.7 Å². The molecule has 1 rings (SSSR count). The van der Waals surface area contributed by atoms with E-state index in [0.29, 0.717) is 12.3 Å². The molecule has 0 unspecified atom stereocenters. The molecule has 1 aliphatic heterocycles. The highest BCUT2D eigenvalue weighted by Gasteiger charge is 2.19. The molecule has 17 heavy (non-hydrogen) atoms. The first kappa shape index (κ1) is 14.5. The van der Waals surface area contributed by atoms with Crippen molar-refractivity contribution in [1.82, 2.24) is 10.6 Å². The van der Waals surface area contributed by atoms with Gasteiger partial charge in [-0.3, -0.25) is 4.79 Å². The molecule has 2 N–H and O–H groups in total. The van der Waals surface area contributed by atoms with Gasteiger partial charge in [0, 0.05) is 13.0 Å². The Bertz CT molecular complexity index is 212. The van der Waals surface area contributed by atoms with Crippen LogP contribution in [0, 0.1) is 11.8 Å². The van der Waals surface area contributed by atoms with Crippen LogP contribution in [-0.4, -0.2) is 25.5 Å². The Labute approximate surface area is 106 Å². The lowest BCUT2D eigenvalue weighted by Gasteiger charge is -2.26. The predicted octanol–water partition coefficient (Wildman–Crippen LogP) is 2.32. The maximum absolute atomic E-state index is 11.5. The molecule has 0 atom stereocenters. The fourth-order valence-corrected chi connectivity index (χ4v) is 2.09. The van der Waals surface area contributed by atoms with Crippen LogP contribution in [0.5, 0.6) is 0 Å². The molecule has 0 aromatic heterocycles. The van der Waals surface area contributed by atoms with Crippen LogP contribution in [0.4, 0.5) is 0 Å². The number of unbranched alkanes of at least 4 members (excludes halogenated alkanes) is 3. The molecule has 100 valence electrons. The fraction of sp³-hybridized carbons (Fsp3) is 0.929. The van der Waals surface area contributed by atoms with Crippen LogP contribution in [0.2, 0.25) is 0 Å². The van der Waals surface area contributed by atoms with Crippen molar-refractivity contribution >= 4 is 5.91 Å². The summed E-state index contributed by atoms with van der Waals surface area (Å²) in [6.07, 6.45) is 7.06. The number of hydrogen-bond acceptors (Lipinski definition) is 2. The Morgan fingerprint density at radius 3 is 2.53 bits per heavy atom. The van der Waals surface area contributed by atoms with Crippen LogP contribution in [0.15, 0.2) is 0 Å². The molecule has 3 nitrogen and oxygen atoms in total. The van der Waals surface area contributed by atoms with E-state index in [4.69, 9.17) is 0 Å². The quantitative estimate of drug-likeness (QED) is 0.607. The van der Waals surface area contributed by atoms with Crippen LogP contribution >= 0.6 is 0 Å². The van der Waals surface area contributed by atoms with Crippen molar-refractivity contribution in [2.45, 2.75) is 52.4 Å². The van der Waals surface area contributed by atoms with Crippen LogP contribution in [0.1, 0.15) is 52.4 Å². The zero-order valence-corrected chi connectivity index (χ0v) is 11.4. The topological polar surface area (TPSA) is 41.1 Å². The van der Waals surface area contributed by atoms with E-state index in [-0.39, 0.29) is 5.91 Å². The van der Waals surface area contributed by atoms with Gasteiger partial charge in [-0.15, -0.1) is 0 Å². The number of amides is 1. The Morgan fingerprint density at radius 2 is 1.94 bits per heavy atom. The zero-order valence-electron chi connectivity index (χ0n) is 11.4. The third-order valence-corrected chi connectivity index (χ3v) is 3.37. The Kier molecular flexibility index (Phi) is 7.25. The second kappa shape index (κ2) is 8.51. The van der Waals surface area contributed by atoms with Gasteiger partial charge in [-0.05, 0) is 31.3 Å². The number of rotatable bonds is 9. The highest BCUT2D eigenvalue weighted by atomic mass is 16.1. The van der Waals surface area contributed by atoms with Gasteiger partial charge in [0.25, 0.3) is 0 Å². The summed E-state index contributed by atoms with van der Waals surface area (Å²) in [6, 6.07) is 0. The SMILES string of the molecule is CC(C)CCCCCCNC(=O)CC1CNC1. The highest BCUT2D eigenvalue weighted by Crippen LogP contribution is 2.09. The normalized spacial score (nSPS) is 15.9. The van der Waals surface area contributed by atoms with Crippen molar-refractivity contribution in [3.05, 3.63) is 0 Å². The lowest BCUT2D eigenvalue weighted by atomic mass is 9.99. The molecule has 0 radical (unpaired) electrons. The van der Waals surface area contributed by atoms with Crippen molar-refractivity contribution in [3.63, 3.8) is 0 Å². The van der Waals surface area contributed by atoms with Crippen molar-refractivity contribution in [2.75, 3.05) is 19.6 Å². The smallest absolute Gasteiger partial charge is 0.220 e. The van der Waals surface area contributed by atoms with Crippen molar-refractivity contribution in [2.24, 2.45) is 11.8 Å². The Hall–Kier alpha value is -0.570. The van der Waals surface area contributed by atoms with Crippen molar-refractivity contribution in [1.29, 1.82) is 0 Å². The lowest BCUT2D eigenvalue weighted by molar-refractivity contribution is -0.122. The number of carbonyl (C=O) groups is 1. The summed E-state index contributed by atoms with van der Waals surface area (Å²) in [7, 11) is 0. The first-order valence-electron chi connectivity index (χ1n) is 7.16. The maximum atomic E-state index is 11.5. The summed E-state index contributed by atoms with van der Waals surface area (Å²) in [4.78, 5) is 11.5. The molecule has 1 aliphatic rings. The molecule has 1 saturated heterocycles.